The van der Waals surface area contributed by atoms with Gasteiger partial charge in [0.1, 0.15) is 5.82 Å². The largest absolute Gasteiger partial charge is 0.384 e. The number of carbonyl (C=O) groups is 2. The highest BCUT2D eigenvalue weighted by Gasteiger charge is 2.31. The summed E-state index contributed by atoms with van der Waals surface area (Å²) in [6.07, 6.45) is 0. The first-order valence-electron chi connectivity index (χ1n) is 7.06. The number of halogens is 1. The number of anilines is 1. The lowest BCUT2D eigenvalue weighted by Crippen LogP contribution is -2.24. The lowest BCUT2D eigenvalue weighted by atomic mass is 10.1. The molecule has 3 N–H and O–H groups in total. The van der Waals surface area contributed by atoms with Gasteiger partial charge in [0.25, 0.3) is 17.4 Å². The lowest BCUT2D eigenvalue weighted by Gasteiger charge is -2.12. The maximum Gasteiger partial charge on any atom is 0.262 e. The number of nitrogen functional groups attached to an aromatic ring is 1. The Hall–Kier alpha value is -2.93. The second-order valence-corrected chi connectivity index (χ2v) is 6.37. The summed E-state index contributed by atoms with van der Waals surface area (Å²) in [5, 5.41) is 4.06. The monoisotopic (exact) mass is 383 g/mol. The number of nitrogens with one attached hydrogen (secondary N) is 1. The van der Waals surface area contributed by atoms with E-state index in [4.69, 9.17) is 5.73 Å². The smallest absolute Gasteiger partial charge is 0.262 e. The Morgan fingerprint density at radius 3 is 2.42 bits per heavy atom. The molecule has 0 atom stereocenters. The van der Waals surface area contributed by atoms with Gasteiger partial charge in [-0.3, -0.25) is 24.3 Å². The summed E-state index contributed by atoms with van der Waals surface area (Å²) in [4.78, 5) is 36.0. The Balaban J connectivity index is 1.99. The van der Waals surface area contributed by atoms with Gasteiger partial charge in [-0.15, -0.1) is 0 Å². The van der Waals surface area contributed by atoms with Gasteiger partial charge in [-0.05, 0) is 35.0 Å². The normalized spacial score (nSPS) is 13.2. The van der Waals surface area contributed by atoms with Crippen LogP contribution in [-0.2, 0) is 0 Å². The fourth-order valence-corrected chi connectivity index (χ4v) is 3.27. The van der Waals surface area contributed by atoms with E-state index in [-0.39, 0.29) is 16.9 Å². The van der Waals surface area contributed by atoms with Crippen molar-refractivity contribution in [2.45, 2.75) is 0 Å². The van der Waals surface area contributed by atoms with Gasteiger partial charge in [-0.2, -0.15) is 0 Å². The van der Waals surface area contributed by atoms with Crippen molar-refractivity contribution in [3.8, 4) is 5.69 Å². The third-order valence-corrected chi connectivity index (χ3v) is 4.49. The summed E-state index contributed by atoms with van der Waals surface area (Å²) in [6, 6.07) is 12.3. The summed E-state index contributed by atoms with van der Waals surface area (Å²) in [6.45, 7) is 0. The number of hydrogen-bond acceptors (Lipinski definition) is 4. The minimum absolute atomic E-state index is 0.0171. The van der Waals surface area contributed by atoms with Gasteiger partial charge in [0.05, 0.1) is 16.8 Å². The maximum atomic E-state index is 12.4. The lowest BCUT2D eigenvalue weighted by molar-refractivity contribution is 0.0880. The number of amides is 2. The first-order valence-corrected chi connectivity index (χ1v) is 7.86. The third kappa shape index (κ3) is 2.05. The Morgan fingerprint density at radius 2 is 1.62 bits per heavy atom. The van der Waals surface area contributed by atoms with Crippen molar-refractivity contribution in [1.29, 1.82) is 0 Å². The van der Waals surface area contributed by atoms with Crippen LogP contribution in [0.2, 0.25) is 0 Å². The Kier molecular flexibility index (Phi) is 3.07. The molecule has 0 bridgehead atoms. The molecule has 24 heavy (non-hydrogen) atoms. The SMILES string of the molecule is Nc1c2c(cc(=O)n1-c1ccc3cc(Br)ccc3c1)C(=O)NC2=O. The number of nitrogens with two attached hydrogens (primary N) is 1. The molecule has 1 aliphatic rings. The van der Waals surface area contributed by atoms with Crippen LogP contribution in [0.3, 0.4) is 0 Å². The van der Waals surface area contributed by atoms with Crippen LogP contribution >= 0.6 is 15.9 Å². The predicted molar refractivity (Wildman–Crippen MR) is 93.5 cm³/mol. The van der Waals surface area contributed by atoms with E-state index in [9.17, 15) is 14.4 Å². The molecule has 118 valence electrons. The van der Waals surface area contributed by atoms with Gasteiger partial charge >= 0.3 is 0 Å². The summed E-state index contributed by atoms with van der Waals surface area (Å²) < 4.78 is 2.19. The minimum Gasteiger partial charge on any atom is -0.384 e. The average Bonchev–Trinajstić information content (AvgIpc) is 2.81. The molecule has 3 aromatic rings. The zero-order valence-electron chi connectivity index (χ0n) is 12.2. The molecule has 1 aliphatic heterocycles. The number of fused-ring (bicyclic) bond motifs is 2. The van der Waals surface area contributed by atoms with E-state index in [0.717, 1.165) is 21.3 Å². The van der Waals surface area contributed by atoms with Crippen molar-refractivity contribution < 1.29 is 9.59 Å². The van der Waals surface area contributed by atoms with E-state index in [1.54, 1.807) is 12.1 Å². The quantitative estimate of drug-likeness (QED) is 0.629. The predicted octanol–water partition coefficient (Wildman–Crippen LogP) is 2.22. The molecule has 0 saturated heterocycles. The van der Waals surface area contributed by atoms with Crippen LogP contribution in [0.1, 0.15) is 20.7 Å². The highest BCUT2D eigenvalue weighted by molar-refractivity contribution is 9.10. The standard InChI is InChI=1S/C17H10BrN3O3/c18-10-3-1-9-6-11(4-2-8(9)5-10)21-13(22)7-12-14(15(21)19)17(24)20-16(12)23/h1-7H,19H2,(H,20,23,24). The van der Waals surface area contributed by atoms with E-state index in [2.05, 4.69) is 21.2 Å². The van der Waals surface area contributed by atoms with Crippen molar-refractivity contribution in [2.24, 2.45) is 0 Å². The Labute approximate surface area is 144 Å². The van der Waals surface area contributed by atoms with Crippen LogP contribution in [0, 0.1) is 0 Å². The summed E-state index contributed by atoms with van der Waals surface area (Å²) in [5.41, 5.74) is 6.15. The van der Waals surface area contributed by atoms with Crippen molar-refractivity contribution in [2.75, 3.05) is 5.73 Å². The molecule has 0 fully saturated rings. The molecular weight excluding hydrogens is 374 g/mol. The van der Waals surface area contributed by atoms with Crippen LogP contribution in [0.25, 0.3) is 16.5 Å². The van der Waals surface area contributed by atoms with Crippen molar-refractivity contribution in [3.63, 3.8) is 0 Å². The number of benzene rings is 2. The molecule has 7 heteroatoms. The van der Waals surface area contributed by atoms with E-state index in [0.29, 0.717) is 5.69 Å². The zero-order chi connectivity index (χ0) is 17.0. The molecule has 2 amide bonds. The number of nitrogens with zero attached hydrogens (tertiary/aromatic N) is 1. The fourth-order valence-electron chi connectivity index (χ4n) is 2.89. The Morgan fingerprint density at radius 1 is 0.917 bits per heavy atom. The summed E-state index contributed by atoms with van der Waals surface area (Å²) >= 11 is 3.41. The second-order valence-electron chi connectivity index (χ2n) is 5.45. The number of imide groups is 1. The van der Waals surface area contributed by atoms with Gasteiger partial charge < -0.3 is 5.73 Å². The highest BCUT2D eigenvalue weighted by Crippen LogP contribution is 2.26. The first-order chi connectivity index (χ1) is 11.5. The highest BCUT2D eigenvalue weighted by atomic mass is 79.9. The summed E-state index contributed by atoms with van der Waals surface area (Å²) in [7, 11) is 0. The molecule has 0 saturated carbocycles. The van der Waals surface area contributed by atoms with Gasteiger partial charge in [0.15, 0.2) is 0 Å². The van der Waals surface area contributed by atoms with Crippen LogP contribution in [-0.4, -0.2) is 16.4 Å². The van der Waals surface area contributed by atoms with Gasteiger partial charge in [0.2, 0.25) is 0 Å². The number of pyridine rings is 1. The molecule has 0 aliphatic carbocycles. The van der Waals surface area contributed by atoms with Crippen molar-refractivity contribution >= 4 is 44.3 Å². The first kappa shape index (κ1) is 14.6. The number of hydrogen-bond donors (Lipinski definition) is 2. The van der Waals surface area contributed by atoms with Crippen molar-refractivity contribution in [1.82, 2.24) is 9.88 Å². The molecule has 4 rings (SSSR count). The molecule has 2 aromatic carbocycles. The van der Waals surface area contributed by atoms with E-state index >= 15 is 0 Å². The van der Waals surface area contributed by atoms with Gasteiger partial charge in [-0.25, -0.2) is 0 Å². The van der Waals surface area contributed by atoms with Gasteiger partial charge in [-0.1, -0.05) is 28.1 Å². The number of rotatable bonds is 1. The fraction of sp³-hybridized carbons (Fsp3) is 0. The van der Waals surface area contributed by atoms with E-state index < -0.39 is 17.4 Å². The molecular formula is C17H10BrN3O3. The molecule has 6 nitrogen and oxygen atoms in total. The Bertz CT molecular complexity index is 1120. The number of carbonyl (C=O) groups excluding carboxylic acids is 2. The minimum atomic E-state index is -0.602. The molecule has 2 heterocycles. The van der Waals surface area contributed by atoms with Crippen LogP contribution in [0.5, 0.6) is 0 Å². The van der Waals surface area contributed by atoms with Crippen LogP contribution in [0.15, 0.2) is 51.7 Å². The van der Waals surface area contributed by atoms with E-state index in [1.807, 2.05) is 24.3 Å². The summed E-state index contributed by atoms with van der Waals surface area (Å²) in [5.74, 6) is -1.24. The zero-order valence-corrected chi connectivity index (χ0v) is 13.8. The third-order valence-electron chi connectivity index (χ3n) is 4.00. The molecule has 0 unspecified atom stereocenters. The average molecular weight is 384 g/mol. The van der Waals surface area contributed by atoms with Gasteiger partial charge in [0, 0.05) is 10.5 Å². The number of aromatic nitrogens is 1. The topological polar surface area (TPSA) is 94.2 Å². The maximum absolute atomic E-state index is 12.4. The molecule has 0 radical (unpaired) electrons. The second kappa shape index (κ2) is 5.04. The van der Waals surface area contributed by atoms with Crippen LogP contribution < -0.4 is 16.6 Å². The molecule has 0 spiro atoms. The van der Waals surface area contributed by atoms with Crippen LogP contribution in [0.4, 0.5) is 5.82 Å². The molecule has 1 aromatic heterocycles. The van der Waals surface area contributed by atoms with E-state index in [1.165, 1.54) is 4.57 Å². The van der Waals surface area contributed by atoms with Crippen molar-refractivity contribution in [3.05, 3.63) is 68.4 Å².